The predicted molar refractivity (Wildman–Crippen MR) is 144 cm³/mol. The van der Waals surface area contributed by atoms with Crippen LogP contribution >= 0.6 is 0 Å². The van der Waals surface area contributed by atoms with Crippen molar-refractivity contribution in [3.63, 3.8) is 0 Å². The van der Waals surface area contributed by atoms with Crippen molar-refractivity contribution >= 4 is 33.2 Å². The first-order valence-corrected chi connectivity index (χ1v) is 13.5. The van der Waals surface area contributed by atoms with Crippen molar-refractivity contribution in [3.8, 4) is 0 Å². The summed E-state index contributed by atoms with van der Waals surface area (Å²) < 4.78 is 28.2. The summed E-state index contributed by atoms with van der Waals surface area (Å²) in [4.78, 5) is 38.6. The molecule has 0 fully saturated rings. The highest BCUT2D eigenvalue weighted by atomic mass is 32.2. The number of carbonyl (C=O) groups is 2. The molecule has 0 aliphatic rings. The second kappa shape index (κ2) is 12.8. The van der Waals surface area contributed by atoms with Gasteiger partial charge in [0.2, 0.25) is 11.8 Å². The summed E-state index contributed by atoms with van der Waals surface area (Å²) in [6.45, 7) is 3.31. The Bertz CT molecular complexity index is 1370. The lowest BCUT2D eigenvalue weighted by molar-refractivity contribution is -0.384. The van der Waals surface area contributed by atoms with Crippen LogP contribution in [0.2, 0.25) is 0 Å². The first kappa shape index (κ1) is 28.3. The molecule has 1 N–H and O–H groups in total. The van der Waals surface area contributed by atoms with Gasteiger partial charge in [-0.25, -0.2) is 8.42 Å². The maximum atomic E-state index is 13.8. The van der Waals surface area contributed by atoms with E-state index in [2.05, 4.69) is 5.32 Å². The van der Waals surface area contributed by atoms with Crippen LogP contribution in [0.5, 0.6) is 0 Å². The van der Waals surface area contributed by atoms with Gasteiger partial charge in [0, 0.05) is 25.2 Å². The topological polar surface area (TPSA) is 130 Å². The number of carbonyl (C=O) groups excluding carboxylic acids is 2. The van der Waals surface area contributed by atoms with Gasteiger partial charge in [-0.1, -0.05) is 61.5 Å². The third-order valence-electron chi connectivity index (χ3n) is 5.85. The molecule has 0 heterocycles. The van der Waals surface area contributed by atoms with Crippen molar-refractivity contribution < 1.29 is 22.9 Å². The van der Waals surface area contributed by atoms with Crippen molar-refractivity contribution in [2.45, 2.75) is 37.8 Å². The molecule has 38 heavy (non-hydrogen) atoms. The number of nitro groups is 1. The van der Waals surface area contributed by atoms with Crippen molar-refractivity contribution in [3.05, 3.63) is 101 Å². The molecule has 0 saturated carbocycles. The summed E-state index contributed by atoms with van der Waals surface area (Å²) in [5, 5.41) is 14.2. The molecule has 0 saturated heterocycles. The largest absolute Gasteiger partial charge is 0.354 e. The average Bonchev–Trinajstić information content (AvgIpc) is 2.93. The summed E-state index contributed by atoms with van der Waals surface area (Å²) in [5.41, 5.74) is 0.389. The van der Waals surface area contributed by atoms with Crippen LogP contribution in [0.3, 0.4) is 0 Å². The van der Waals surface area contributed by atoms with Crippen LogP contribution in [0, 0.1) is 10.1 Å². The van der Waals surface area contributed by atoms with Crippen LogP contribution < -0.4 is 9.62 Å². The van der Waals surface area contributed by atoms with Crippen LogP contribution in [0.25, 0.3) is 0 Å². The number of non-ortho nitro benzene ring substituents is 1. The monoisotopic (exact) mass is 538 g/mol. The number of hydrogen-bond donors (Lipinski definition) is 1. The van der Waals surface area contributed by atoms with E-state index >= 15 is 0 Å². The molecule has 0 radical (unpaired) electrons. The first-order chi connectivity index (χ1) is 18.1. The SMILES string of the molecule is CCCNC(=O)[C@@H](C)N(Cc1ccccc1)C(=O)CN(c1cccc([N+](=O)[O-])c1)S(=O)(=O)c1ccccc1. The van der Waals surface area contributed by atoms with Gasteiger partial charge in [0.15, 0.2) is 0 Å². The summed E-state index contributed by atoms with van der Waals surface area (Å²) in [5.74, 6) is -1.01. The maximum Gasteiger partial charge on any atom is 0.271 e. The Hall–Kier alpha value is -4.25. The number of benzene rings is 3. The van der Waals surface area contributed by atoms with E-state index in [0.717, 1.165) is 15.9 Å². The van der Waals surface area contributed by atoms with Gasteiger partial charge in [-0.05, 0) is 37.1 Å². The van der Waals surface area contributed by atoms with Gasteiger partial charge in [0.25, 0.3) is 15.7 Å². The Morgan fingerprint density at radius 3 is 2.21 bits per heavy atom. The zero-order chi connectivity index (χ0) is 27.7. The number of nitrogens with zero attached hydrogens (tertiary/aromatic N) is 3. The highest BCUT2D eigenvalue weighted by Gasteiger charge is 2.33. The Labute approximate surface area is 222 Å². The van der Waals surface area contributed by atoms with Gasteiger partial charge in [-0.15, -0.1) is 0 Å². The van der Waals surface area contributed by atoms with Gasteiger partial charge >= 0.3 is 0 Å². The minimum Gasteiger partial charge on any atom is -0.354 e. The van der Waals surface area contributed by atoms with Crippen LogP contribution in [0.1, 0.15) is 25.8 Å². The standard InChI is InChI=1S/C27H30N4O6S/c1-3-17-28-27(33)21(2)29(19-22-11-6-4-7-12-22)26(32)20-30(23-13-10-14-24(18-23)31(34)35)38(36,37)25-15-8-5-9-16-25/h4-16,18,21H,3,17,19-20H2,1-2H3,(H,28,33)/t21-/m1/s1. The second-order valence-electron chi connectivity index (χ2n) is 8.58. The summed E-state index contributed by atoms with van der Waals surface area (Å²) in [6, 6.07) is 20.7. The molecule has 0 aromatic heterocycles. The van der Waals surface area contributed by atoms with E-state index in [1.165, 1.54) is 35.2 Å². The van der Waals surface area contributed by atoms with Gasteiger partial charge in [-0.3, -0.25) is 24.0 Å². The van der Waals surface area contributed by atoms with E-state index in [4.69, 9.17) is 0 Å². The van der Waals surface area contributed by atoms with E-state index in [0.29, 0.717) is 13.0 Å². The molecule has 3 aromatic carbocycles. The van der Waals surface area contributed by atoms with Gasteiger partial charge in [-0.2, -0.15) is 0 Å². The van der Waals surface area contributed by atoms with Crippen LogP contribution in [-0.4, -0.2) is 49.2 Å². The zero-order valence-electron chi connectivity index (χ0n) is 21.2. The fourth-order valence-corrected chi connectivity index (χ4v) is 5.20. The fraction of sp³-hybridized carbons (Fsp3) is 0.259. The summed E-state index contributed by atoms with van der Waals surface area (Å²) in [6.07, 6.45) is 0.709. The number of hydrogen-bond acceptors (Lipinski definition) is 6. The number of rotatable bonds is 12. The molecule has 1 atom stereocenters. The lowest BCUT2D eigenvalue weighted by Crippen LogP contribution is -2.51. The van der Waals surface area contributed by atoms with E-state index in [9.17, 15) is 28.1 Å². The molecular formula is C27H30N4O6S. The van der Waals surface area contributed by atoms with Crippen molar-refractivity contribution in [2.75, 3.05) is 17.4 Å². The molecule has 0 unspecified atom stereocenters. The van der Waals surface area contributed by atoms with E-state index in [-0.39, 0.29) is 28.7 Å². The fourth-order valence-electron chi connectivity index (χ4n) is 3.77. The van der Waals surface area contributed by atoms with Crippen LogP contribution in [-0.2, 0) is 26.2 Å². The smallest absolute Gasteiger partial charge is 0.271 e. The number of nitrogens with one attached hydrogen (secondary N) is 1. The zero-order valence-corrected chi connectivity index (χ0v) is 22.0. The molecular weight excluding hydrogens is 508 g/mol. The van der Waals surface area contributed by atoms with Gasteiger partial charge in [0.05, 0.1) is 15.5 Å². The molecule has 0 aliphatic carbocycles. The number of sulfonamides is 1. The molecule has 11 heteroatoms. The molecule has 0 aliphatic heterocycles. The lowest BCUT2D eigenvalue weighted by Gasteiger charge is -2.32. The summed E-state index contributed by atoms with van der Waals surface area (Å²) >= 11 is 0. The molecule has 0 spiro atoms. The Balaban J connectivity index is 2.04. The minimum absolute atomic E-state index is 0.0425. The van der Waals surface area contributed by atoms with Crippen molar-refractivity contribution in [2.24, 2.45) is 0 Å². The Morgan fingerprint density at radius 2 is 1.61 bits per heavy atom. The van der Waals surface area contributed by atoms with Gasteiger partial charge < -0.3 is 10.2 Å². The number of amides is 2. The minimum atomic E-state index is -4.30. The predicted octanol–water partition coefficient (Wildman–Crippen LogP) is 3.73. The lowest BCUT2D eigenvalue weighted by atomic mass is 10.1. The molecule has 200 valence electrons. The van der Waals surface area contributed by atoms with Crippen LogP contribution in [0.15, 0.2) is 89.8 Å². The van der Waals surface area contributed by atoms with Crippen molar-refractivity contribution in [1.82, 2.24) is 10.2 Å². The van der Waals surface area contributed by atoms with E-state index in [1.807, 2.05) is 13.0 Å². The average molecular weight is 539 g/mol. The highest BCUT2D eigenvalue weighted by molar-refractivity contribution is 7.92. The number of nitro benzene ring substituents is 1. The summed E-state index contributed by atoms with van der Waals surface area (Å²) in [7, 11) is -4.30. The highest BCUT2D eigenvalue weighted by Crippen LogP contribution is 2.27. The second-order valence-corrected chi connectivity index (χ2v) is 10.4. The third kappa shape index (κ3) is 6.94. The third-order valence-corrected chi connectivity index (χ3v) is 7.64. The molecule has 10 nitrogen and oxygen atoms in total. The maximum absolute atomic E-state index is 13.8. The van der Waals surface area contributed by atoms with E-state index in [1.54, 1.807) is 49.4 Å². The molecule has 2 amide bonds. The number of anilines is 1. The Morgan fingerprint density at radius 1 is 0.974 bits per heavy atom. The Kier molecular flexibility index (Phi) is 9.55. The van der Waals surface area contributed by atoms with E-state index < -0.39 is 33.4 Å². The quantitative estimate of drug-likeness (QED) is 0.276. The molecule has 3 rings (SSSR count). The normalized spacial score (nSPS) is 11.8. The first-order valence-electron chi connectivity index (χ1n) is 12.1. The van der Waals surface area contributed by atoms with Crippen molar-refractivity contribution in [1.29, 1.82) is 0 Å². The van der Waals surface area contributed by atoms with Gasteiger partial charge in [0.1, 0.15) is 12.6 Å². The van der Waals surface area contributed by atoms with Crippen LogP contribution in [0.4, 0.5) is 11.4 Å². The molecule has 0 bridgehead atoms. The molecule has 3 aromatic rings.